The number of aromatic carboxylic acids is 1. The first kappa shape index (κ1) is 15.2. The molecule has 0 aliphatic carbocycles. The number of carbonyl (C=O) groups excluding carboxylic acids is 1. The van der Waals surface area contributed by atoms with E-state index in [2.05, 4.69) is 12.2 Å². The van der Waals surface area contributed by atoms with E-state index >= 15 is 0 Å². The molecule has 4 nitrogen and oxygen atoms in total. The van der Waals surface area contributed by atoms with E-state index in [0.717, 1.165) is 30.4 Å². The van der Waals surface area contributed by atoms with Crippen LogP contribution in [0.1, 0.15) is 54.1 Å². The molecule has 1 aromatic rings. The van der Waals surface area contributed by atoms with E-state index < -0.39 is 5.97 Å². The van der Waals surface area contributed by atoms with Crippen LogP contribution in [0.2, 0.25) is 0 Å². The average molecular weight is 263 g/mol. The van der Waals surface area contributed by atoms with Crippen LogP contribution in [0.25, 0.3) is 0 Å². The van der Waals surface area contributed by atoms with Crippen LogP contribution < -0.4 is 5.32 Å². The first-order valence-electron chi connectivity index (χ1n) is 6.60. The Kier molecular flexibility index (Phi) is 5.55. The number of carboxylic acid groups (broad SMARTS) is 1. The van der Waals surface area contributed by atoms with E-state index in [1.54, 1.807) is 13.0 Å². The number of hydrogen-bond acceptors (Lipinski definition) is 2. The molecule has 2 N–H and O–H groups in total. The van der Waals surface area contributed by atoms with Gasteiger partial charge >= 0.3 is 5.97 Å². The van der Waals surface area contributed by atoms with Crippen molar-refractivity contribution in [2.45, 2.75) is 46.5 Å². The molecule has 0 heterocycles. The van der Waals surface area contributed by atoms with Crippen LogP contribution in [0.15, 0.2) is 12.1 Å². The van der Waals surface area contributed by atoms with Crippen LogP contribution in [-0.4, -0.2) is 17.0 Å². The van der Waals surface area contributed by atoms with Crippen molar-refractivity contribution in [3.63, 3.8) is 0 Å². The number of anilines is 1. The van der Waals surface area contributed by atoms with Gasteiger partial charge < -0.3 is 10.4 Å². The minimum Gasteiger partial charge on any atom is -0.478 e. The lowest BCUT2D eigenvalue weighted by atomic mass is 10.0. The smallest absolute Gasteiger partial charge is 0.336 e. The second kappa shape index (κ2) is 6.92. The number of nitrogens with one attached hydrogen (secondary N) is 1. The number of benzene rings is 1. The van der Waals surface area contributed by atoms with Gasteiger partial charge in [0.1, 0.15) is 0 Å². The molecular formula is C15H21NO3. The highest BCUT2D eigenvalue weighted by molar-refractivity contribution is 5.95. The number of hydrogen-bond donors (Lipinski definition) is 2. The molecule has 1 amide bonds. The normalized spacial score (nSPS) is 10.3. The average Bonchev–Trinajstić information content (AvgIpc) is 2.33. The topological polar surface area (TPSA) is 66.4 Å². The van der Waals surface area contributed by atoms with Crippen LogP contribution in [0.5, 0.6) is 0 Å². The molecule has 0 aromatic heterocycles. The van der Waals surface area contributed by atoms with Gasteiger partial charge in [-0.15, -0.1) is 0 Å². The maximum absolute atomic E-state index is 11.7. The summed E-state index contributed by atoms with van der Waals surface area (Å²) in [5.41, 5.74) is 2.39. The summed E-state index contributed by atoms with van der Waals surface area (Å²) in [5.74, 6) is -1.03. The first-order valence-corrected chi connectivity index (χ1v) is 6.60. The summed E-state index contributed by atoms with van der Waals surface area (Å²) in [6.07, 6.45) is 3.43. The van der Waals surface area contributed by atoms with Gasteiger partial charge in [0.15, 0.2) is 0 Å². The molecule has 0 bridgehead atoms. The largest absolute Gasteiger partial charge is 0.478 e. The highest BCUT2D eigenvalue weighted by atomic mass is 16.4. The third-order valence-electron chi connectivity index (χ3n) is 3.19. The molecule has 0 spiro atoms. The highest BCUT2D eigenvalue weighted by Gasteiger charge is 2.12. The molecule has 104 valence electrons. The third-order valence-corrected chi connectivity index (χ3v) is 3.19. The van der Waals surface area contributed by atoms with Crippen molar-refractivity contribution in [3.8, 4) is 0 Å². The molecule has 4 heteroatoms. The Morgan fingerprint density at radius 1 is 1.21 bits per heavy atom. The van der Waals surface area contributed by atoms with Gasteiger partial charge in [0.25, 0.3) is 0 Å². The number of carbonyl (C=O) groups is 2. The highest BCUT2D eigenvalue weighted by Crippen LogP contribution is 2.20. The Morgan fingerprint density at radius 2 is 1.89 bits per heavy atom. The Balaban J connectivity index is 2.79. The van der Waals surface area contributed by atoms with Gasteiger partial charge in [-0.3, -0.25) is 4.79 Å². The molecule has 0 aliphatic heterocycles. The summed E-state index contributed by atoms with van der Waals surface area (Å²) >= 11 is 0. The molecule has 1 aromatic carbocycles. The molecule has 0 saturated heterocycles. The van der Waals surface area contributed by atoms with Gasteiger partial charge in [0, 0.05) is 12.1 Å². The molecule has 0 radical (unpaired) electrons. The van der Waals surface area contributed by atoms with E-state index in [1.807, 2.05) is 6.92 Å². The maximum atomic E-state index is 11.7. The van der Waals surface area contributed by atoms with Crippen molar-refractivity contribution in [3.05, 3.63) is 28.8 Å². The van der Waals surface area contributed by atoms with Crippen LogP contribution in [0, 0.1) is 13.8 Å². The Labute approximate surface area is 113 Å². The van der Waals surface area contributed by atoms with Crippen molar-refractivity contribution >= 4 is 17.6 Å². The third kappa shape index (κ3) is 4.39. The molecule has 0 unspecified atom stereocenters. The zero-order chi connectivity index (χ0) is 14.4. The second-order valence-corrected chi connectivity index (χ2v) is 4.78. The molecule has 0 atom stereocenters. The molecule has 0 saturated carbocycles. The predicted octanol–water partition coefficient (Wildman–Crippen LogP) is 3.52. The number of aryl methyl sites for hydroxylation is 1. The van der Waals surface area contributed by atoms with E-state index in [1.165, 1.54) is 6.07 Å². The van der Waals surface area contributed by atoms with Crippen LogP contribution >= 0.6 is 0 Å². The minimum absolute atomic E-state index is 0.0620. The van der Waals surface area contributed by atoms with Crippen molar-refractivity contribution in [2.75, 3.05) is 5.32 Å². The maximum Gasteiger partial charge on any atom is 0.336 e. The van der Waals surface area contributed by atoms with Crippen LogP contribution in [0.4, 0.5) is 5.69 Å². The van der Waals surface area contributed by atoms with Crippen LogP contribution in [0.3, 0.4) is 0 Å². The van der Waals surface area contributed by atoms with E-state index in [4.69, 9.17) is 5.11 Å². The lowest BCUT2D eigenvalue weighted by Crippen LogP contribution is -2.12. The molecule has 1 rings (SSSR count). The minimum atomic E-state index is -0.970. The quantitative estimate of drug-likeness (QED) is 0.772. The van der Waals surface area contributed by atoms with Gasteiger partial charge in [0.05, 0.1) is 5.56 Å². The van der Waals surface area contributed by atoms with Crippen molar-refractivity contribution < 1.29 is 14.7 Å². The molecular weight excluding hydrogens is 242 g/mol. The number of amides is 1. The zero-order valence-electron chi connectivity index (χ0n) is 11.7. The standard InChI is InChI=1S/C15H21NO3/c1-4-5-6-7-14(17)16-12-8-10(2)11(3)13(9-12)15(18)19/h8-9H,4-7H2,1-3H3,(H,16,17)(H,18,19). The Hall–Kier alpha value is -1.84. The molecule has 19 heavy (non-hydrogen) atoms. The fourth-order valence-corrected chi connectivity index (χ4v) is 1.91. The number of carboxylic acids is 1. The van der Waals surface area contributed by atoms with E-state index in [9.17, 15) is 9.59 Å². The van der Waals surface area contributed by atoms with Gasteiger partial charge in [-0.05, 0) is 43.5 Å². The molecule has 0 fully saturated rings. The van der Waals surface area contributed by atoms with Crippen molar-refractivity contribution in [1.82, 2.24) is 0 Å². The fourth-order valence-electron chi connectivity index (χ4n) is 1.91. The van der Waals surface area contributed by atoms with E-state index in [-0.39, 0.29) is 11.5 Å². The first-order chi connectivity index (χ1) is 8.95. The monoisotopic (exact) mass is 263 g/mol. The zero-order valence-corrected chi connectivity index (χ0v) is 11.7. The fraction of sp³-hybridized carbons (Fsp3) is 0.467. The summed E-state index contributed by atoms with van der Waals surface area (Å²) in [6.45, 7) is 5.69. The van der Waals surface area contributed by atoms with Gasteiger partial charge in [-0.25, -0.2) is 4.79 Å². The van der Waals surface area contributed by atoms with Gasteiger partial charge in [0.2, 0.25) is 5.91 Å². The Morgan fingerprint density at radius 3 is 2.47 bits per heavy atom. The summed E-state index contributed by atoms with van der Waals surface area (Å²) in [4.78, 5) is 22.8. The summed E-state index contributed by atoms with van der Waals surface area (Å²) < 4.78 is 0. The SMILES string of the molecule is CCCCCC(=O)Nc1cc(C)c(C)c(C(=O)O)c1. The van der Waals surface area contributed by atoms with Crippen molar-refractivity contribution in [2.24, 2.45) is 0 Å². The summed E-state index contributed by atoms with van der Waals surface area (Å²) in [6, 6.07) is 3.32. The lowest BCUT2D eigenvalue weighted by molar-refractivity contribution is -0.116. The Bertz CT molecular complexity index is 481. The van der Waals surface area contributed by atoms with Crippen molar-refractivity contribution in [1.29, 1.82) is 0 Å². The summed E-state index contributed by atoms with van der Waals surface area (Å²) in [5, 5.41) is 11.9. The predicted molar refractivity (Wildman–Crippen MR) is 75.6 cm³/mol. The second-order valence-electron chi connectivity index (χ2n) is 4.78. The van der Waals surface area contributed by atoms with Gasteiger partial charge in [-0.2, -0.15) is 0 Å². The van der Waals surface area contributed by atoms with E-state index in [0.29, 0.717) is 12.1 Å². The number of rotatable bonds is 6. The van der Waals surface area contributed by atoms with Gasteiger partial charge in [-0.1, -0.05) is 19.8 Å². The number of unbranched alkanes of at least 4 members (excludes halogenated alkanes) is 2. The molecule has 0 aliphatic rings. The van der Waals surface area contributed by atoms with Crippen LogP contribution in [-0.2, 0) is 4.79 Å². The lowest BCUT2D eigenvalue weighted by Gasteiger charge is -2.10. The summed E-state index contributed by atoms with van der Waals surface area (Å²) in [7, 11) is 0.